The van der Waals surface area contributed by atoms with Crippen LogP contribution < -0.4 is 16.0 Å². The zero-order chi connectivity index (χ0) is 10.0. The van der Waals surface area contributed by atoms with Crippen molar-refractivity contribution < 1.29 is 15.6 Å². The Morgan fingerprint density at radius 2 is 1.62 bits per heavy atom. The average molecular weight is 188 g/mol. The molecule has 0 spiro atoms. The Kier molecular flexibility index (Phi) is 2.41. The molecule has 0 aliphatic rings. The Morgan fingerprint density at radius 1 is 1.08 bits per heavy atom. The molecule has 0 aliphatic heterocycles. The van der Waals surface area contributed by atoms with Gasteiger partial charge < -0.3 is 5.73 Å². The molecular weight excluding hydrogens is 180 g/mol. The van der Waals surface area contributed by atoms with Crippen molar-refractivity contribution in [2.45, 2.75) is 0 Å². The number of nitrogens with two attached hydrogens (primary N) is 1. The molecule has 1 rings (SSSR count). The Morgan fingerprint density at radius 3 is 2.08 bits per heavy atom. The van der Waals surface area contributed by atoms with Gasteiger partial charge in [-0.1, -0.05) is 5.23 Å². The molecule has 9 heteroatoms. The third kappa shape index (κ3) is 2.11. The lowest BCUT2D eigenvalue weighted by molar-refractivity contribution is 0.0241. The summed E-state index contributed by atoms with van der Waals surface area (Å²) in [6.07, 6.45) is 0. The fraction of sp³-hybridized carbons (Fsp3) is 0.250. The van der Waals surface area contributed by atoms with Crippen molar-refractivity contribution in [2.75, 3.05) is 23.1 Å². The lowest BCUT2D eigenvalue weighted by Gasteiger charge is -2.10. The first-order valence-corrected chi connectivity index (χ1v) is 3.12. The summed E-state index contributed by atoms with van der Waals surface area (Å²) in [5.74, 6) is -0.923. The van der Waals surface area contributed by atoms with Gasteiger partial charge in [0.1, 0.15) is 0 Å². The molecule has 0 bridgehead atoms. The second-order valence-corrected chi connectivity index (χ2v) is 2.11. The highest BCUT2D eigenvalue weighted by molar-refractivity contribution is 5.38. The predicted octanol–water partition coefficient (Wildman–Crippen LogP) is -1.14. The van der Waals surface area contributed by atoms with E-state index in [4.69, 9.17) is 21.4 Å². The average Bonchev–Trinajstić information content (AvgIpc) is 2.03. The first-order valence-electron chi connectivity index (χ1n) is 3.12. The van der Waals surface area contributed by atoms with Crippen LogP contribution in [0.1, 0.15) is 0 Å². The lowest BCUT2D eigenvalue weighted by Crippen LogP contribution is -2.20. The van der Waals surface area contributed by atoms with Crippen LogP contribution in [-0.4, -0.2) is 37.6 Å². The van der Waals surface area contributed by atoms with Crippen LogP contribution in [0.15, 0.2) is 0 Å². The first-order chi connectivity index (χ1) is 6.00. The van der Waals surface area contributed by atoms with E-state index in [0.717, 1.165) is 0 Å². The molecule has 0 saturated carbocycles. The summed E-state index contributed by atoms with van der Waals surface area (Å²) >= 11 is 0. The number of hydroxylamine groups is 1. The maximum absolute atomic E-state index is 8.90. The van der Waals surface area contributed by atoms with Crippen LogP contribution in [0.3, 0.4) is 0 Å². The Bertz CT molecular complexity index is 276. The molecular formula is C4H8N6O3. The summed E-state index contributed by atoms with van der Waals surface area (Å²) < 4.78 is 0. The van der Waals surface area contributed by atoms with Crippen LogP contribution in [0.25, 0.3) is 0 Å². The van der Waals surface area contributed by atoms with Gasteiger partial charge in [-0.3, -0.25) is 15.6 Å². The van der Waals surface area contributed by atoms with Crippen molar-refractivity contribution in [1.29, 1.82) is 0 Å². The normalized spacial score (nSPS) is 9.85. The molecule has 1 aromatic rings. The van der Waals surface area contributed by atoms with Crippen LogP contribution in [0, 0.1) is 0 Å². The lowest BCUT2D eigenvalue weighted by atomic mass is 10.8. The minimum atomic E-state index is -0.483. The van der Waals surface area contributed by atoms with E-state index in [1.54, 1.807) is 0 Å². The van der Waals surface area contributed by atoms with Gasteiger partial charge in [-0.25, -0.2) is 5.06 Å². The largest absolute Gasteiger partial charge is 0.368 e. The monoisotopic (exact) mass is 188 g/mol. The van der Waals surface area contributed by atoms with Crippen LogP contribution in [0.2, 0.25) is 0 Å². The van der Waals surface area contributed by atoms with Crippen LogP contribution >= 0.6 is 0 Å². The van der Waals surface area contributed by atoms with Crippen molar-refractivity contribution in [3.63, 3.8) is 0 Å². The van der Waals surface area contributed by atoms with Crippen molar-refractivity contribution in [1.82, 2.24) is 15.0 Å². The molecule has 0 unspecified atom stereocenters. The molecule has 9 nitrogen and oxygen atoms in total. The highest BCUT2D eigenvalue weighted by Crippen LogP contribution is 2.10. The van der Waals surface area contributed by atoms with Gasteiger partial charge >= 0.3 is 0 Å². The highest BCUT2D eigenvalue weighted by atomic mass is 16.8. The van der Waals surface area contributed by atoms with Gasteiger partial charge in [0.2, 0.25) is 5.95 Å². The van der Waals surface area contributed by atoms with E-state index >= 15 is 0 Å². The molecule has 0 radical (unpaired) electrons. The number of hydrogen-bond donors (Lipinski definition) is 4. The van der Waals surface area contributed by atoms with Gasteiger partial charge in [-0.15, -0.1) is 0 Å². The van der Waals surface area contributed by atoms with E-state index in [1.807, 2.05) is 0 Å². The first kappa shape index (κ1) is 9.38. The zero-order valence-corrected chi connectivity index (χ0v) is 6.66. The van der Waals surface area contributed by atoms with E-state index in [9.17, 15) is 0 Å². The summed E-state index contributed by atoms with van der Waals surface area (Å²) in [6.45, 7) is 0. The topological polar surface area (TPSA) is 132 Å². The number of nitrogens with zero attached hydrogens (tertiary/aromatic N) is 5. The zero-order valence-electron chi connectivity index (χ0n) is 6.66. The number of nitrogen functional groups attached to an aromatic ring is 1. The maximum atomic E-state index is 8.90. The molecule has 1 heterocycles. The third-order valence-corrected chi connectivity index (χ3v) is 1.10. The van der Waals surface area contributed by atoms with Gasteiger partial charge in [0.25, 0.3) is 11.9 Å². The standard InChI is InChI=1S/C4H8N6O3/c1-9(11)3-6-2(5)7-4(8-3)10(12)13/h11-13H,1H3,(H2,5,6,7,8). The summed E-state index contributed by atoms with van der Waals surface area (Å²) in [5, 5.41) is 26.2. The van der Waals surface area contributed by atoms with Gasteiger partial charge in [-0.2, -0.15) is 15.0 Å². The molecule has 0 atom stereocenters. The van der Waals surface area contributed by atoms with Gasteiger partial charge in [0.05, 0.1) is 0 Å². The van der Waals surface area contributed by atoms with Crippen LogP contribution in [0.5, 0.6) is 0 Å². The number of aromatic nitrogens is 3. The molecule has 13 heavy (non-hydrogen) atoms. The summed E-state index contributed by atoms with van der Waals surface area (Å²) in [6, 6.07) is 0. The Balaban J connectivity index is 3.11. The van der Waals surface area contributed by atoms with E-state index in [2.05, 4.69) is 15.0 Å². The van der Waals surface area contributed by atoms with Crippen molar-refractivity contribution in [3.05, 3.63) is 0 Å². The summed E-state index contributed by atoms with van der Waals surface area (Å²) in [5.41, 5.74) is 5.19. The van der Waals surface area contributed by atoms with Crippen molar-refractivity contribution >= 4 is 17.8 Å². The number of hydrogen-bond acceptors (Lipinski definition) is 9. The Labute approximate surface area is 72.6 Å². The molecule has 72 valence electrons. The van der Waals surface area contributed by atoms with Gasteiger partial charge in [-0.05, 0) is 0 Å². The third-order valence-electron chi connectivity index (χ3n) is 1.10. The quantitative estimate of drug-likeness (QED) is 0.425. The molecule has 0 amide bonds. The van der Waals surface area contributed by atoms with E-state index in [0.29, 0.717) is 5.06 Å². The van der Waals surface area contributed by atoms with Gasteiger partial charge in [0, 0.05) is 7.05 Å². The highest BCUT2D eigenvalue weighted by Gasteiger charge is 2.10. The number of anilines is 3. The molecule has 0 aromatic carbocycles. The van der Waals surface area contributed by atoms with E-state index < -0.39 is 5.95 Å². The van der Waals surface area contributed by atoms with Crippen LogP contribution in [0.4, 0.5) is 17.8 Å². The Hall–Kier alpha value is -1.71. The van der Waals surface area contributed by atoms with E-state index in [-0.39, 0.29) is 17.1 Å². The fourth-order valence-electron chi connectivity index (χ4n) is 0.604. The molecule has 0 aliphatic carbocycles. The minimum Gasteiger partial charge on any atom is -0.368 e. The fourth-order valence-corrected chi connectivity index (χ4v) is 0.604. The minimum absolute atomic E-state index is 0.199. The molecule has 0 saturated heterocycles. The second-order valence-electron chi connectivity index (χ2n) is 2.11. The molecule has 1 aromatic heterocycles. The SMILES string of the molecule is CN(O)c1nc(N)nc(N(O)O)n1. The molecule has 0 fully saturated rings. The second kappa shape index (κ2) is 3.35. The maximum Gasteiger partial charge on any atom is 0.284 e. The van der Waals surface area contributed by atoms with Gasteiger partial charge in [0.15, 0.2) is 0 Å². The summed E-state index contributed by atoms with van der Waals surface area (Å²) in [4.78, 5) is 10.3. The van der Waals surface area contributed by atoms with Crippen LogP contribution in [-0.2, 0) is 0 Å². The predicted molar refractivity (Wildman–Crippen MR) is 40.5 cm³/mol. The van der Waals surface area contributed by atoms with Crippen molar-refractivity contribution in [3.8, 4) is 0 Å². The number of rotatable bonds is 2. The smallest absolute Gasteiger partial charge is 0.284 e. The molecule has 5 N–H and O–H groups in total. The summed E-state index contributed by atoms with van der Waals surface area (Å²) in [7, 11) is 1.25. The van der Waals surface area contributed by atoms with E-state index in [1.165, 1.54) is 7.05 Å². The van der Waals surface area contributed by atoms with Crippen molar-refractivity contribution in [2.24, 2.45) is 0 Å².